The summed E-state index contributed by atoms with van der Waals surface area (Å²) in [4.78, 5) is 25.3. The Labute approximate surface area is 344 Å². The molecule has 6 atom stereocenters. The zero-order chi connectivity index (χ0) is 41.6. The first-order valence-electron chi connectivity index (χ1n) is 22.0. The van der Waals surface area contributed by atoms with Crippen molar-refractivity contribution in [3.8, 4) is 0 Å². The highest BCUT2D eigenvalue weighted by Crippen LogP contribution is 2.22. The minimum atomic E-state index is -1.61. The Hall–Kier alpha value is -2.86. The zero-order valence-corrected chi connectivity index (χ0v) is 35.3. The lowest BCUT2D eigenvalue weighted by Crippen LogP contribution is -2.59. The van der Waals surface area contributed by atoms with Crippen molar-refractivity contribution in [2.45, 2.75) is 192 Å². The molecular formula is C47H78O10. The molecule has 0 aromatic rings. The van der Waals surface area contributed by atoms with E-state index in [0.29, 0.717) is 19.3 Å². The van der Waals surface area contributed by atoms with E-state index >= 15 is 0 Å². The van der Waals surface area contributed by atoms with Crippen molar-refractivity contribution in [1.82, 2.24) is 0 Å². The van der Waals surface area contributed by atoms with E-state index in [1.165, 1.54) is 57.8 Å². The van der Waals surface area contributed by atoms with E-state index in [2.05, 4.69) is 86.8 Å². The molecule has 326 valence electrons. The maximum absolute atomic E-state index is 12.7. The van der Waals surface area contributed by atoms with Crippen LogP contribution in [0, 0.1) is 0 Å². The van der Waals surface area contributed by atoms with E-state index in [0.717, 1.165) is 51.4 Å². The van der Waals surface area contributed by atoms with Crippen LogP contribution >= 0.6 is 0 Å². The molecule has 1 aliphatic rings. The monoisotopic (exact) mass is 803 g/mol. The molecule has 0 aliphatic carbocycles. The van der Waals surface area contributed by atoms with Crippen LogP contribution in [0.25, 0.3) is 0 Å². The number of carbonyl (C=O) groups is 2. The quantitative estimate of drug-likeness (QED) is 0.0277. The van der Waals surface area contributed by atoms with Gasteiger partial charge in [0, 0.05) is 12.8 Å². The van der Waals surface area contributed by atoms with Crippen LogP contribution in [0.1, 0.15) is 155 Å². The molecule has 0 bridgehead atoms. The van der Waals surface area contributed by atoms with Gasteiger partial charge in [-0.25, -0.2) is 0 Å². The first kappa shape index (κ1) is 52.2. The minimum Gasteiger partial charge on any atom is -0.462 e. The summed E-state index contributed by atoms with van der Waals surface area (Å²) in [6, 6.07) is 0. The Morgan fingerprint density at radius 2 is 1.05 bits per heavy atom. The van der Waals surface area contributed by atoms with Crippen LogP contribution in [0.15, 0.2) is 72.9 Å². The maximum atomic E-state index is 12.7. The molecule has 1 rings (SSSR count). The third kappa shape index (κ3) is 29.1. The van der Waals surface area contributed by atoms with Crippen molar-refractivity contribution < 1.29 is 49.0 Å². The summed E-state index contributed by atoms with van der Waals surface area (Å²) >= 11 is 0. The smallest absolute Gasteiger partial charge is 0.306 e. The van der Waals surface area contributed by atoms with Crippen molar-refractivity contribution in [2.24, 2.45) is 0 Å². The fraction of sp³-hybridized carbons (Fsp3) is 0.702. The molecule has 0 aromatic heterocycles. The second-order valence-corrected chi connectivity index (χ2v) is 14.8. The molecule has 57 heavy (non-hydrogen) atoms. The van der Waals surface area contributed by atoms with E-state index < -0.39 is 55.4 Å². The molecule has 0 aromatic carbocycles. The molecule has 1 saturated heterocycles. The van der Waals surface area contributed by atoms with Crippen LogP contribution in [0.3, 0.4) is 0 Å². The number of aliphatic hydroxyl groups is 4. The number of unbranched alkanes of at least 4 members (excludes halogenated alkanes) is 12. The average Bonchev–Trinajstić information content (AvgIpc) is 3.21. The molecule has 1 aliphatic heterocycles. The Kier molecular flexibility index (Phi) is 34.2. The number of aliphatic hydroxyl groups excluding tert-OH is 4. The number of hydrogen-bond acceptors (Lipinski definition) is 10. The van der Waals surface area contributed by atoms with Gasteiger partial charge >= 0.3 is 11.9 Å². The minimum absolute atomic E-state index is 0.153. The van der Waals surface area contributed by atoms with Crippen LogP contribution in [0.2, 0.25) is 0 Å². The Morgan fingerprint density at radius 3 is 1.61 bits per heavy atom. The molecule has 0 amide bonds. The summed E-state index contributed by atoms with van der Waals surface area (Å²) in [6.45, 7) is 3.21. The summed E-state index contributed by atoms with van der Waals surface area (Å²) in [5.41, 5.74) is 0. The molecule has 1 heterocycles. The molecule has 10 nitrogen and oxygen atoms in total. The summed E-state index contributed by atoms with van der Waals surface area (Å²) in [5, 5.41) is 40.0. The highest BCUT2D eigenvalue weighted by Gasteiger charge is 2.44. The SMILES string of the molecule is CC/C=C/C/C=C/C/C=C/C/C=C/CCCCC(=O)OC[C@H](CO[C@@H]1O[C@H](CO)[C@H](O)C(O)C1O)OC(=O)CCC/C=C/C/C=C/CCCCCCCCCCC. The largest absolute Gasteiger partial charge is 0.462 e. The highest BCUT2D eigenvalue weighted by atomic mass is 16.7. The van der Waals surface area contributed by atoms with E-state index in [4.69, 9.17) is 18.9 Å². The predicted molar refractivity (Wildman–Crippen MR) is 228 cm³/mol. The first-order chi connectivity index (χ1) is 27.8. The molecule has 0 saturated carbocycles. The number of allylic oxidation sites excluding steroid dienone is 12. The number of ether oxygens (including phenoxy) is 4. The molecule has 0 radical (unpaired) electrons. The fourth-order valence-corrected chi connectivity index (χ4v) is 6.10. The third-order valence-corrected chi connectivity index (χ3v) is 9.58. The molecule has 1 fully saturated rings. The van der Waals surface area contributed by atoms with Crippen LogP contribution in [-0.4, -0.2) is 89.0 Å². The van der Waals surface area contributed by atoms with Gasteiger partial charge in [-0.3, -0.25) is 9.59 Å². The van der Waals surface area contributed by atoms with Crippen LogP contribution in [-0.2, 0) is 28.5 Å². The van der Waals surface area contributed by atoms with Gasteiger partial charge in [0.1, 0.15) is 31.0 Å². The first-order valence-corrected chi connectivity index (χ1v) is 22.0. The van der Waals surface area contributed by atoms with Crippen LogP contribution in [0.5, 0.6) is 0 Å². The lowest BCUT2D eigenvalue weighted by Gasteiger charge is -2.39. The van der Waals surface area contributed by atoms with Gasteiger partial charge in [0.25, 0.3) is 0 Å². The topological polar surface area (TPSA) is 152 Å². The van der Waals surface area contributed by atoms with Crippen molar-refractivity contribution >= 4 is 11.9 Å². The molecule has 4 N–H and O–H groups in total. The van der Waals surface area contributed by atoms with Crippen molar-refractivity contribution in [3.05, 3.63) is 72.9 Å². The summed E-state index contributed by atoms with van der Waals surface area (Å²) in [6.07, 6.45) is 39.2. The lowest BCUT2D eigenvalue weighted by molar-refractivity contribution is -0.305. The van der Waals surface area contributed by atoms with Gasteiger partial charge in [-0.1, -0.05) is 138 Å². The van der Waals surface area contributed by atoms with Gasteiger partial charge in [-0.15, -0.1) is 0 Å². The van der Waals surface area contributed by atoms with E-state index in [-0.39, 0.29) is 26.1 Å². The van der Waals surface area contributed by atoms with Crippen LogP contribution < -0.4 is 0 Å². The second-order valence-electron chi connectivity index (χ2n) is 14.8. The maximum Gasteiger partial charge on any atom is 0.306 e. The molecule has 10 heteroatoms. The predicted octanol–water partition coefficient (Wildman–Crippen LogP) is 9.22. The van der Waals surface area contributed by atoms with Crippen molar-refractivity contribution in [3.63, 3.8) is 0 Å². The molecular weight excluding hydrogens is 725 g/mol. The van der Waals surface area contributed by atoms with Crippen molar-refractivity contribution in [2.75, 3.05) is 19.8 Å². The van der Waals surface area contributed by atoms with E-state index in [9.17, 15) is 30.0 Å². The van der Waals surface area contributed by atoms with Gasteiger partial charge in [0.15, 0.2) is 12.4 Å². The van der Waals surface area contributed by atoms with Gasteiger partial charge < -0.3 is 39.4 Å². The normalized spacial score (nSPS) is 21.0. The Balaban J connectivity index is 2.41. The van der Waals surface area contributed by atoms with E-state index in [1.807, 2.05) is 0 Å². The van der Waals surface area contributed by atoms with Crippen LogP contribution in [0.4, 0.5) is 0 Å². The Morgan fingerprint density at radius 1 is 0.561 bits per heavy atom. The number of rotatable bonds is 35. The second kappa shape index (κ2) is 37.4. The average molecular weight is 803 g/mol. The van der Waals surface area contributed by atoms with Crippen molar-refractivity contribution in [1.29, 1.82) is 0 Å². The standard InChI is InChI=1S/C47H78O10/c1-3-5-7-9-11-13-15-17-19-20-22-24-26-28-30-32-34-36-43(50)56-40(39-55-47-46(53)45(52)44(51)41(37-48)57-47)38-54-42(49)35-33-31-29-27-25-23-21-18-16-14-12-10-8-6-4-2/h6,8,12,14,18,21-22,24-25,27-28,30,40-41,44-48,51-53H,3-5,7,9-11,13,15-17,19-20,23,26,29,31-39H2,1-2H3/b8-6+,14-12+,21-18+,24-22+,27-25+,30-28+/t40-,41-,44+,45?,46?,47-/m1/s1. The molecule has 2 unspecified atom stereocenters. The van der Waals surface area contributed by atoms with E-state index in [1.54, 1.807) is 0 Å². The number of esters is 2. The van der Waals surface area contributed by atoms with Gasteiger partial charge in [0.2, 0.25) is 0 Å². The number of carbonyl (C=O) groups excluding carboxylic acids is 2. The summed E-state index contributed by atoms with van der Waals surface area (Å²) in [7, 11) is 0. The fourth-order valence-electron chi connectivity index (χ4n) is 6.10. The van der Waals surface area contributed by atoms with Gasteiger partial charge in [-0.05, 0) is 77.0 Å². The molecule has 0 spiro atoms. The lowest BCUT2D eigenvalue weighted by atomic mass is 9.99. The number of hydrogen-bond donors (Lipinski definition) is 4. The highest BCUT2D eigenvalue weighted by molar-refractivity contribution is 5.70. The van der Waals surface area contributed by atoms with Gasteiger partial charge in [-0.2, -0.15) is 0 Å². The Bertz CT molecular complexity index is 1160. The van der Waals surface area contributed by atoms with Gasteiger partial charge in [0.05, 0.1) is 13.2 Å². The summed E-state index contributed by atoms with van der Waals surface area (Å²) in [5.74, 6) is -0.915. The third-order valence-electron chi connectivity index (χ3n) is 9.58. The zero-order valence-electron chi connectivity index (χ0n) is 35.3. The summed E-state index contributed by atoms with van der Waals surface area (Å²) < 4.78 is 22.0.